The zero-order chi connectivity index (χ0) is 19.4. The summed E-state index contributed by atoms with van der Waals surface area (Å²) in [4.78, 5) is 5.21. The molecule has 2 aliphatic rings. The van der Waals surface area contributed by atoms with Gasteiger partial charge in [0.1, 0.15) is 5.72 Å². The largest absolute Gasteiger partial charge is 0.371 e. The Labute approximate surface area is 170 Å². The Balaban J connectivity index is 1.38. The van der Waals surface area contributed by atoms with Crippen molar-refractivity contribution in [2.24, 2.45) is 5.92 Å². The molecule has 2 saturated heterocycles. The summed E-state index contributed by atoms with van der Waals surface area (Å²) in [6, 6.07) is 19.4. The molecule has 2 aliphatic heterocycles. The summed E-state index contributed by atoms with van der Waals surface area (Å²) < 4.78 is 6.52. The van der Waals surface area contributed by atoms with Crippen molar-refractivity contribution in [3.05, 3.63) is 65.7 Å². The molecule has 2 atom stereocenters. The van der Waals surface area contributed by atoms with E-state index in [9.17, 15) is 0 Å². The van der Waals surface area contributed by atoms with Crippen molar-refractivity contribution in [3.63, 3.8) is 0 Å². The number of hydrogen-bond acceptors (Lipinski definition) is 3. The lowest BCUT2D eigenvalue weighted by Crippen LogP contribution is -2.53. The molecule has 0 saturated carbocycles. The zero-order valence-corrected chi connectivity index (χ0v) is 17.4. The van der Waals surface area contributed by atoms with Gasteiger partial charge >= 0.3 is 0 Å². The third-order valence-electron chi connectivity index (χ3n) is 6.60. The molecule has 28 heavy (non-hydrogen) atoms. The van der Waals surface area contributed by atoms with E-state index >= 15 is 0 Å². The molecular formula is C25H34N2O. The molecule has 3 nitrogen and oxygen atoms in total. The fraction of sp³-hybridized carbons (Fsp3) is 0.520. The van der Waals surface area contributed by atoms with Crippen LogP contribution >= 0.6 is 0 Å². The van der Waals surface area contributed by atoms with E-state index < -0.39 is 0 Å². The van der Waals surface area contributed by atoms with E-state index in [2.05, 4.69) is 78.2 Å². The summed E-state index contributed by atoms with van der Waals surface area (Å²) in [6.07, 6.45) is 4.97. The van der Waals surface area contributed by atoms with Crippen molar-refractivity contribution in [1.82, 2.24) is 4.90 Å². The molecule has 2 fully saturated rings. The molecule has 2 aromatic rings. The van der Waals surface area contributed by atoms with Crippen molar-refractivity contribution in [2.75, 3.05) is 31.1 Å². The molecular weight excluding hydrogens is 344 g/mol. The fourth-order valence-corrected chi connectivity index (χ4v) is 4.84. The number of nitrogens with zero attached hydrogens (tertiary/aromatic N) is 2. The average Bonchev–Trinajstić information content (AvgIpc) is 3.18. The van der Waals surface area contributed by atoms with E-state index in [-0.39, 0.29) is 5.72 Å². The van der Waals surface area contributed by atoms with Crippen molar-refractivity contribution < 1.29 is 4.74 Å². The van der Waals surface area contributed by atoms with Crippen molar-refractivity contribution >= 4 is 5.69 Å². The van der Waals surface area contributed by atoms with Crippen LogP contribution in [0.15, 0.2) is 54.6 Å². The minimum absolute atomic E-state index is 0.135. The lowest BCUT2D eigenvalue weighted by atomic mass is 9.97. The standard InChI is InChI=1S/C25H34N2O/c1-21-10-6-7-13-24(21)26-17-14-23(18-26)19-27-16-9-8-15-25(27,2)28-20-22-11-4-3-5-12-22/h3-7,10-13,23H,8-9,14-20H2,1-2H3/t23-,25?/m1/s1. The Kier molecular flexibility index (Phi) is 6.03. The summed E-state index contributed by atoms with van der Waals surface area (Å²) in [5.41, 5.74) is 3.93. The van der Waals surface area contributed by atoms with Gasteiger partial charge in [0.25, 0.3) is 0 Å². The minimum atomic E-state index is -0.135. The molecule has 2 heterocycles. The Morgan fingerprint density at radius 3 is 2.61 bits per heavy atom. The van der Waals surface area contributed by atoms with Gasteiger partial charge in [0.2, 0.25) is 0 Å². The lowest BCUT2D eigenvalue weighted by molar-refractivity contribution is -0.174. The molecule has 0 radical (unpaired) electrons. The Morgan fingerprint density at radius 2 is 1.79 bits per heavy atom. The fourth-order valence-electron chi connectivity index (χ4n) is 4.84. The predicted octanol–water partition coefficient (Wildman–Crippen LogP) is 5.24. The normalized spacial score (nSPS) is 25.9. The maximum absolute atomic E-state index is 6.52. The van der Waals surface area contributed by atoms with Gasteiger partial charge < -0.3 is 9.64 Å². The maximum Gasteiger partial charge on any atom is 0.119 e. The van der Waals surface area contributed by atoms with Gasteiger partial charge in [0, 0.05) is 31.9 Å². The number of benzene rings is 2. The first kappa shape index (κ1) is 19.5. The highest BCUT2D eigenvalue weighted by Gasteiger charge is 2.37. The first-order chi connectivity index (χ1) is 13.6. The molecule has 2 aromatic carbocycles. The molecule has 4 rings (SSSR count). The molecule has 0 aromatic heterocycles. The number of likely N-dealkylation sites (tertiary alicyclic amines) is 1. The van der Waals surface area contributed by atoms with Crippen molar-refractivity contribution in [2.45, 2.75) is 51.9 Å². The monoisotopic (exact) mass is 378 g/mol. The summed E-state index contributed by atoms with van der Waals surface area (Å²) in [7, 11) is 0. The van der Waals surface area contributed by atoms with E-state index in [1.807, 2.05) is 0 Å². The second-order valence-electron chi connectivity index (χ2n) is 8.74. The van der Waals surface area contributed by atoms with Crippen LogP contribution in [0.3, 0.4) is 0 Å². The summed E-state index contributed by atoms with van der Waals surface area (Å²) in [6.45, 7) is 9.87. The average molecular weight is 379 g/mol. The van der Waals surface area contributed by atoms with Gasteiger partial charge in [-0.2, -0.15) is 0 Å². The first-order valence-electron chi connectivity index (χ1n) is 10.9. The van der Waals surface area contributed by atoms with Gasteiger partial charge in [-0.3, -0.25) is 4.90 Å². The van der Waals surface area contributed by atoms with Crippen LogP contribution in [0.4, 0.5) is 5.69 Å². The summed E-state index contributed by atoms with van der Waals surface area (Å²) in [5, 5.41) is 0. The van der Waals surface area contributed by atoms with E-state index in [1.165, 1.54) is 42.6 Å². The molecule has 0 N–H and O–H groups in total. The smallest absolute Gasteiger partial charge is 0.119 e. The number of anilines is 1. The van der Waals surface area contributed by atoms with Crippen molar-refractivity contribution in [1.29, 1.82) is 0 Å². The summed E-state index contributed by atoms with van der Waals surface area (Å²) in [5.74, 6) is 0.720. The predicted molar refractivity (Wildman–Crippen MR) is 117 cm³/mol. The second kappa shape index (κ2) is 8.67. The third kappa shape index (κ3) is 4.42. The van der Waals surface area contributed by atoms with Gasteiger partial charge in [0.15, 0.2) is 0 Å². The van der Waals surface area contributed by atoms with Gasteiger partial charge in [-0.1, -0.05) is 48.5 Å². The Morgan fingerprint density at radius 1 is 1.00 bits per heavy atom. The van der Waals surface area contributed by atoms with E-state index in [0.29, 0.717) is 6.61 Å². The highest BCUT2D eigenvalue weighted by molar-refractivity contribution is 5.53. The number of ether oxygens (including phenoxy) is 1. The number of rotatable bonds is 6. The minimum Gasteiger partial charge on any atom is -0.371 e. The Bertz CT molecular complexity index is 762. The Hall–Kier alpha value is -1.84. The highest BCUT2D eigenvalue weighted by Crippen LogP contribution is 2.33. The van der Waals surface area contributed by atoms with Crippen LogP contribution in [-0.4, -0.2) is 36.8 Å². The van der Waals surface area contributed by atoms with Crippen LogP contribution in [0.25, 0.3) is 0 Å². The van der Waals surface area contributed by atoms with Gasteiger partial charge in [-0.05, 0) is 62.6 Å². The number of hydrogen-bond donors (Lipinski definition) is 0. The molecule has 0 spiro atoms. The molecule has 0 bridgehead atoms. The van der Waals surface area contributed by atoms with Crippen LogP contribution in [0.5, 0.6) is 0 Å². The molecule has 150 valence electrons. The van der Waals surface area contributed by atoms with Crippen LogP contribution in [-0.2, 0) is 11.3 Å². The van der Waals surface area contributed by atoms with Crippen LogP contribution in [0, 0.1) is 12.8 Å². The molecule has 3 heteroatoms. The topological polar surface area (TPSA) is 15.7 Å². The van der Waals surface area contributed by atoms with Crippen LogP contribution < -0.4 is 4.90 Å². The SMILES string of the molecule is Cc1ccccc1N1CC[C@@H](CN2CCCCC2(C)OCc2ccccc2)C1. The molecule has 1 unspecified atom stereocenters. The number of piperidine rings is 1. The number of para-hydroxylation sites is 1. The first-order valence-corrected chi connectivity index (χ1v) is 10.9. The van der Waals surface area contributed by atoms with Gasteiger partial charge in [-0.25, -0.2) is 0 Å². The van der Waals surface area contributed by atoms with Crippen molar-refractivity contribution in [3.8, 4) is 0 Å². The van der Waals surface area contributed by atoms with Crippen LogP contribution in [0.2, 0.25) is 0 Å². The van der Waals surface area contributed by atoms with Gasteiger partial charge in [-0.15, -0.1) is 0 Å². The molecule has 0 amide bonds. The van der Waals surface area contributed by atoms with Crippen LogP contribution in [0.1, 0.15) is 43.7 Å². The van der Waals surface area contributed by atoms with E-state index in [4.69, 9.17) is 4.74 Å². The quantitative estimate of drug-likeness (QED) is 0.684. The summed E-state index contributed by atoms with van der Waals surface area (Å²) >= 11 is 0. The lowest BCUT2D eigenvalue weighted by Gasteiger charge is -2.45. The number of aryl methyl sites for hydroxylation is 1. The van der Waals surface area contributed by atoms with E-state index in [1.54, 1.807) is 0 Å². The highest BCUT2D eigenvalue weighted by atomic mass is 16.5. The van der Waals surface area contributed by atoms with E-state index in [0.717, 1.165) is 32.0 Å². The zero-order valence-electron chi connectivity index (χ0n) is 17.4. The maximum atomic E-state index is 6.52. The third-order valence-corrected chi connectivity index (χ3v) is 6.60. The van der Waals surface area contributed by atoms with Gasteiger partial charge in [0.05, 0.1) is 6.61 Å². The molecule has 0 aliphatic carbocycles. The second-order valence-corrected chi connectivity index (χ2v) is 8.74.